The largest absolute Gasteiger partial charge is 0.507 e. The van der Waals surface area contributed by atoms with Crippen LogP contribution in [-0.2, 0) is 0 Å². The van der Waals surface area contributed by atoms with E-state index in [0.29, 0.717) is 18.8 Å². The molecule has 2 aromatic rings. The standard InChI is InChI=1S/C18H19NO4/c1-3-19(4-2)16-13(9-7-10-14(16)18(22)23)17(21)12-8-5-6-11-15(12)20/h5-11,20H,3-4H2,1-2H3,(H,22,23). The van der Waals surface area contributed by atoms with Crippen molar-refractivity contribution < 1.29 is 19.8 Å². The summed E-state index contributed by atoms with van der Waals surface area (Å²) >= 11 is 0. The van der Waals surface area contributed by atoms with Crippen molar-refractivity contribution in [3.05, 3.63) is 59.2 Å². The Bertz CT molecular complexity index is 736. The lowest BCUT2D eigenvalue weighted by Gasteiger charge is -2.25. The van der Waals surface area contributed by atoms with Crippen molar-refractivity contribution in [2.45, 2.75) is 13.8 Å². The monoisotopic (exact) mass is 313 g/mol. The van der Waals surface area contributed by atoms with E-state index in [2.05, 4.69) is 0 Å². The summed E-state index contributed by atoms with van der Waals surface area (Å²) in [5, 5.41) is 19.4. The number of phenols is 1. The van der Waals surface area contributed by atoms with Crippen LogP contribution in [0.1, 0.15) is 40.1 Å². The number of benzene rings is 2. The van der Waals surface area contributed by atoms with Crippen LogP contribution < -0.4 is 4.90 Å². The van der Waals surface area contributed by atoms with Gasteiger partial charge in [0.2, 0.25) is 0 Å². The maximum absolute atomic E-state index is 12.8. The number of carboxylic acids is 1. The highest BCUT2D eigenvalue weighted by molar-refractivity contribution is 6.16. The van der Waals surface area contributed by atoms with Crippen LogP contribution in [0, 0.1) is 0 Å². The van der Waals surface area contributed by atoms with Crippen molar-refractivity contribution in [2.24, 2.45) is 0 Å². The second-order valence-corrected chi connectivity index (χ2v) is 5.03. The van der Waals surface area contributed by atoms with Gasteiger partial charge in [0.1, 0.15) is 5.75 Å². The molecular formula is C18H19NO4. The fourth-order valence-electron chi connectivity index (χ4n) is 2.59. The number of carbonyl (C=O) groups is 2. The van der Waals surface area contributed by atoms with E-state index in [4.69, 9.17) is 0 Å². The molecular weight excluding hydrogens is 294 g/mol. The first-order chi connectivity index (χ1) is 11.0. The molecule has 2 rings (SSSR count). The number of rotatable bonds is 6. The number of anilines is 1. The number of hydrogen-bond acceptors (Lipinski definition) is 4. The molecule has 0 fully saturated rings. The van der Waals surface area contributed by atoms with Crippen LogP contribution in [0.5, 0.6) is 5.75 Å². The van der Waals surface area contributed by atoms with E-state index in [1.165, 1.54) is 18.2 Å². The van der Waals surface area contributed by atoms with Crippen molar-refractivity contribution in [1.29, 1.82) is 0 Å². The summed E-state index contributed by atoms with van der Waals surface area (Å²) in [6.07, 6.45) is 0. The van der Waals surface area contributed by atoms with Gasteiger partial charge >= 0.3 is 5.97 Å². The van der Waals surface area contributed by atoms with Gasteiger partial charge in [-0.05, 0) is 38.1 Å². The molecule has 0 amide bonds. The minimum absolute atomic E-state index is 0.0787. The summed E-state index contributed by atoms with van der Waals surface area (Å²) in [7, 11) is 0. The predicted molar refractivity (Wildman–Crippen MR) is 88.5 cm³/mol. The number of phenolic OH excluding ortho intramolecular Hbond substituents is 1. The van der Waals surface area contributed by atoms with Crippen LogP contribution in [0.25, 0.3) is 0 Å². The van der Waals surface area contributed by atoms with Crippen LogP contribution in [0.3, 0.4) is 0 Å². The molecule has 5 heteroatoms. The lowest BCUT2D eigenvalue weighted by atomic mass is 9.97. The third kappa shape index (κ3) is 3.18. The Hall–Kier alpha value is -2.82. The van der Waals surface area contributed by atoms with E-state index in [0.717, 1.165) is 0 Å². The van der Waals surface area contributed by atoms with Crippen LogP contribution in [-0.4, -0.2) is 35.1 Å². The molecule has 0 spiro atoms. The van der Waals surface area contributed by atoms with Gasteiger partial charge in [0, 0.05) is 18.7 Å². The first-order valence-electron chi connectivity index (χ1n) is 7.45. The van der Waals surface area contributed by atoms with Crippen LogP contribution in [0.15, 0.2) is 42.5 Å². The SMILES string of the molecule is CCN(CC)c1c(C(=O)O)cccc1C(=O)c1ccccc1O. The lowest BCUT2D eigenvalue weighted by molar-refractivity contribution is 0.0697. The zero-order chi connectivity index (χ0) is 17.0. The number of carboxylic acid groups (broad SMARTS) is 1. The third-order valence-electron chi connectivity index (χ3n) is 3.74. The molecule has 23 heavy (non-hydrogen) atoms. The van der Waals surface area contributed by atoms with Crippen LogP contribution in [0.4, 0.5) is 5.69 Å². The summed E-state index contributed by atoms with van der Waals surface area (Å²) < 4.78 is 0. The molecule has 0 saturated heterocycles. The Kier molecular flexibility index (Phi) is 5.01. The normalized spacial score (nSPS) is 10.3. The van der Waals surface area contributed by atoms with Crippen LogP contribution >= 0.6 is 0 Å². The Morgan fingerprint density at radius 3 is 2.04 bits per heavy atom. The first-order valence-corrected chi connectivity index (χ1v) is 7.45. The number of ketones is 1. The summed E-state index contributed by atoms with van der Waals surface area (Å²) in [5.74, 6) is -1.60. The Morgan fingerprint density at radius 2 is 1.48 bits per heavy atom. The summed E-state index contributed by atoms with van der Waals surface area (Å²) in [5.41, 5.74) is 0.895. The average molecular weight is 313 g/mol. The zero-order valence-electron chi connectivity index (χ0n) is 13.1. The summed E-state index contributed by atoms with van der Waals surface area (Å²) in [4.78, 5) is 26.2. The van der Waals surface area contributed by atoms with E-state index in [1.54, 1.807) is 24.3 Å². The quantitative estimate of drug-likeness (QED) is 0.801. The van der Waals surface area contributed by atoms with Crippen molar-refractivity contribution in [3.63, 3.8) is 0 Å². The minimum Gasteiger partial charge on any atom is -0.507 e. The molecule has 0 saturated carbocycles. The second kappa shape index (κ2) is 6.96. The molecule has 2 N–H and O–H groups in total. The average Bonchev–Trinajstić information content (AvgIpc) is 2.55. The fourth-order valence-corrected chi connectivity index (χ4v) is 2.59. The zero-order valence-corrected chi connectivity index (χ0v) is 13.1. The smallest absolute Gasteiger partial charge is 0.337 e. The molecule has 0 aliphatic carbocycles. The highest BCUT2D eigenvalue weighted by atomic mass is 16.4. The first kappa shape index (κ1) is 16.5. The molecule has 0 bridgehead atoms. The lowest BCUT2D eigenvalue weighted by Crippen LogP contribution is -2.26. The maximum atomic E-state index is 12.8. The van der Waals surface area contributed by atoms with Gasteiger partial charge in [0.25, 0.3) is 0 Å². The third-order valence-corrected chi connectivity index (χ3v) is 3.74. The molecule has 0 aliphatic heterocycles. The van der Waals surface area contributed by atoms with Crippen molar-refractivity contribution in [3.8, 4) is 5.75 Å². The molecule has 0 aliphatic rings. The maximum Gasteiger partial charge on any atom is 0.337 e. The highest BCUT2D eigenvalue weighted by Gasteiger charge is 2.24. The van der Waals surface area contributed by atoms with E-state index < -0.39 is 11.8 Å². The van der Waals surface area contributed by atoms with E-state index in [-0.39, 0.29) is 22.4 Å². The van der Waals surface area contributed by atoms with E-state index >= 15 is 0 Å². The predicted octanol–water partition coefficient (Wildman–Crippen LogP) is 3.17. The molecule has 5 nitrogen and oxygen atoms in total. The van der Waals surface area contributed by atoms with E-state index in [9.17, 15) is 19.8 Å². The summed E-state index contributed by atoms with van der Waals surface area (Å²) in [6.45, 7) is 4.94. The number of hydrogen-bond donors (Lipinski definition) is 2. The number of nitrogens with zero attached hydrogens (tertiary/aromatic N) is 1. The van der Waals surface area contributed by atoms with Gasteiger partial charge < -0.3 is 15.1 Å². The molecule has 0 aromatic heterocycles. The number of aromatic carboxylic acids is 1. The minimum atomic E-state index is -1.08. The van der Waals surface area contributed by atoms with E-state index in [1.807, 2.05) is 18.7 Å². The van der Waals surface area contributed by atoms with Gasteiger partial charge in [-0.2, -0.15) is 0 Å². The van der Waals surface area contributed by atoms with Crippen molar-refractivity contribution >= 4 is 17.4 Å². The number of para-hydroxylation sites is 2. The molecule has 0 atom stereocenters. The van der Waals surface area contributed by atoms with Crippen LogP contribution in [0.2, 0.25) is 0 Å². The summed E-state index contributed by atoms with van der Waals surface area (Å²) in [6, 6.07) is 10.9. The fraction of sp³-hybridized carbons (Fsp3) is 0.222. The van der Waals surface area contributed by atoms with Gasteiger partial charge in [0.15, 0.2) is 5.78 Å². The Balaban J connectivity index is 2.67. The van der Waals surface area contributed by atoms with Crippen molar-refractivity contribution in [1.82, 2.24) is 0 Å². The molecule has 2 aromatic carbocycles. The number of carbonyl (C=O) groups excluding carboxylic acids is 1. The van der Waals surface area contributed by atoms with Gasteiger partial charge in [-0.1, -0.05) is 18.2 Å². The Labute approximate surface area is 134 Å². The molecule has 0 radical (unpaired) electrons. The number of aromatic hydroxyl groups is 1. The molecule has 120 valence electrons. The van der Waals surface area contributed by atoms with Gasteiger partial charge in [-0.3, -0.25) is 4.79 Å². The van der Waals surface area contributed by atoms with Crippen molar-refractivity contribution in [2.75, 3.05) is 18.0 Å². The Morgan fingerprint density at radius 1 is 0.913 bits per heavy atom. The van der Waals surface area contributed by atoms with Gasteiger partial charge in [0.05, 0.1) is 16.8 Å². The highest BCUT2D eigenvalue weighted by Crippen LogP contribution is 2.30. The van der Waals surface area contributed by atoms with Gasteiger partial charge in [-0.25, -0.2) is 4.79 Å². The van der Waals surface area contributed by atoms with Gasteiger partial charge in [-0.15, -0.1) is 0 Å². The topological polar surface area (TPSA) is 77.8 Å². The molecule has 0 unspecified atom stereocenters. The molecule has 0 heterocycles. The second-order valence-electron chi connectivity index (χ2n) is 5.03.